The highest BCUT2D eigenvalue weighted by molar-refractivity contribution is 7.88. The molecule has 21 heavy (non-hydrogen) atoms. The first-order valence-electron chi connectivity index (χ1n) is 6.79. The van der Waals surface area contributed by atoms with Gasteiger partial charge < -0.3 is 10.6 Å². The summed E-state index contributed by atoms with van der Waals surface area (Å²) in [7, 11) is -3.24. The van der Waals surface area contributed by atoms with Crippen LogP contribution in [-0.4, -0.2) is 49.6 Å². The molecule has 0 saturated carbocycles. The topological polar surface area (TPSA) is 105 Å². The maximum absolute atomic E-state index is 12.4. The number of hydrogen-bond acceptors (Lipinski definition) is 6. The van der Waals surface area contributed by atoms with Crippen LogP contribution in [-0.2, 0) is 21.2 Å². The van der Waals surface area contributed by atoms with Gasteiger partial charge in [0.15, 0.2) is 5.13 Å². The molecule has 1 aliphatic heterocycles. The summed E-state index contributed by atoms with van der Waals surface area (Å²) in [5, 5.41) is 2.23. The summed E-state index contributed by atoms with van der Waals surface area (Å²) in [6, 6.07) is -0.0862. The number of nitrogens with two attached hydrogens (primary N) is 1. The molecule has 1 aromatic rings. The number of thiazole rings is 1. The van der Waals surface area contributed by atoms with Crippen molar-refractivity contribution in [3.05, 3.63) is 11.1 Å². The second-order valence-electron chi connectivity index (χ2n) is 5.21. The molecule has 2 heterocycles. The average molecular weight is 332 g/mol. The van der Waals surface area contributed by atoms with E-state index in [1.165, 1.54) is 11.3 Å². The average Bonchev–Trinajstić information content (AvgIpc) is 2.81. The quantitative estimate of drug-likeness (QED) is 0.801. The fraction of sp³-hybridized carbons (Fsp3) is 0.667. The lowest BCUT2D eigenvalue weighted by molar-refractivity contribution is -0.134. The lowest BCUT2D eigenvalue weighted by Gasteiger charge is -2.35. The van der Waals surface area contributed by atoms with Gasteiger partial charge in [0.1, 0.15) is 0 Å². The van der Waals surface area contributed by atoms with Gasteiger partial charge in [-0.3, -0.25) is 4.79 Å². The molecule has 1 saturated heterocycles. The normalized spacial score (nSPS) is 19.7. The number of sulfonamides is 1. The van der Waals surface area contributed by atoms with Crippen LogP contribution in [0.5, 0.6) is 0 Å². The number of carbonyl (C=O) groups excluding carboxylic acids is 1. The highest BCUT2D eigenvalue weighted by atomic mass is 32.2. The molecular weight excluding hydrogens is 312 g/mol. The first kappa shape index (κ1) is 16.2. The Labute approximate surface area is 128 Å². The molecule has 0 bridgehead atoms. The molecule has 0 radical (unpaired) electrons. The zero-order valence-corrected chi connectivity index (χ0v) is 13.5. The van der Waals surface area contributed by atoms with Crippen LogP contribution in [0.2, 0.25) is 0 Å². The molecule has 0 spiro atoms. The van der Waals surface area contributed by atoms with E-state index in [-0.39, 0.29) is 24.9 Å². The standard InChI is InChI=1S/C12H20N4O3S2/c1-21(18,19)14-7-10-4-2-3-5-16(10)11(17)6-9-8-20-12(13)15-9/h8,10,14H,2-7H2,1H3,(H2,13,15). The maximum atomic E-state index is 12.4. The zero-order chi connectivity index (χ0) is 15.5. The number of likely N-dealkylation sites (tertiary alicyclic amines) is 1. The van der Waals surface area contributed by atoms with Gasteiger partial charge in [-0.2, -0.15) is 0 Å². The third-order valence-electron chi connectivity index (χ3n) is 3.43. The van der Waals surface area contributed by atoms with Crippen molar-refractivity contribution >= 4 is 32.4 Å². The summed E-state index contributed by atoms with van der Waals surface area (Å²) < 4.78 is 24.9. The molecule has 7 nitrogen and oxygen atoms in total. The Kier molecular flexibility index (Phi) is 5.17. The van der Waals surface area contributed by atoms with Crippen molar-refractivity contribution in [1.29, 1.82) is 0 Å². The number of carbonyl (C=O) groups is 1. The van der Waals surface area contributed by atoms with Crippen LogP contribution < -0.4 is 10.5 Å². The molecule has 3 N–H and O–H groups in total. The van der Waals surface area contributed by atoms with E-state index in [9.17, 15) is 13.2 Å². The second kappa shape index (κ2) is 6.71. The number of nitrogen functional groups attached to an aromatic ring is 1. The van der Waals surface area contributed by atoms with Crippen molar-refractivity contribution in [2.45, 2.75) is 31.7 Å². The Hall–Kier alpha value is -1.19. The van der Waals surface area contributed by atoms with Gasteiger partial charge >= 0.3 is 0 Å². The van der Waals surface area contributed by atoms with E-state index in [0.717, 1.165) is 25.5 Å². The van der Waals surface area contributed by atoms with Crippen molar-refractivity contribution in [1.82, 2.24) is 14.6 Å². The van der Waals surface area contributed by atoms with Gasteiger partial charge in [0, 0.05) is 24.5 Å². The van der Waals surface area contributed by atoms with Crippen LogP contribution in [0.1, 0.15) is 25.0 Å². The van der Waals surface area contributed by atoms with Gasteiger partial charge in [0.25, 0.3) is 0 Å². The fourth-order valence-electron chi connectivity index (χ4n) is 2.45. The van der Waals surface area contributed by atoms with Crippen LogP contribution in [0.15, 0.2) is 5.38 Å². The van der Waals surface area contributed by atoms with Crippen molar-refractivity contribution < 1.29 is 13.2 Å². The molecule has 1 aliphatic rings. The predicted octanol–water partition coefficient (Wildman–Crippen LogP) is 0.198. The molecule has 1 atom stereocenters. The van der Waals surface area contributed by atoms with E-state index in [2.05, 4.69) is 9.71 Å². The van der Waals surface area contributed by atoms with Crippen molar-refractivity contribution in [2.75, 3.05) is 25.1 Å². The van der Waals surface area contributed by atoms with E-state index in [4.69, 9.17) is 5.73 Å². The summed E-state index contributed by atoms with van der Waals surface area (Å²) in [5.41, 5.74) is 6.23. The Morgan fingerprint density at radius 2 is 2.33 bits per heavy atom. The lowest BCUT2D eigenvalue weighted by atomic mass is 10.0. The van der Waals surface area contributed by atoms with Gasteiger partial charge in [-0.15, -0.1) is 11.3 Å². The van der Waals surface area contributed by atoms with Crippen LogP contribution >= 0.6 is 11.3 Å². The summed E-state index contributed by atoms with van der Waals surface area (Å²) in [6.07, 6.45) is 4.10. The second-order valence-corrected chi connectivity index (χ2v) is 7.93. The predicted molar refractivity (Wildman–Crippen MR) is 82.4 cm³/mol. The highest BCUT2D eigenvalue weighted by Gasteiger charge is 2.27. The number of piperidine rings is 1. The summed E-state index contributed by atoms with van der Waals surface area (Å²) in [5.74, 6) is -0.0275. The SMILES string of the molecule is CS(=O)(=O)NCC1CCCCN1C(=O)Cc1csc(N)n1. The Morgan fingerprint density at radius 3 is 2.95 bits per heavy atom. The van der Waals surface area contributed by atoms with E-state index in [0.29, 0.717) is 17.4 Å². The molecule has 0 aliphatic carbocycles. The van der Waals surface area contributed by atoms with Crippen LogP contribution in [0.4, 0.5) is 5.13 Å². The Balaban J connectivity index is 1.98. The van der Waals surface area contributed by atoms with E-state index >= 15 is 0 Å². The number of aromatic nitrogens is 1. The van der Waals surface area contributed by atoms with Crippen molar-refractivity contribution in [2.24, 2.45) is 0 Å². The summed E-state index contributed by atoms with van der Waals surface area (Å²) in [6.45, 7) is 0.929. The number of rotatable bonds is 5. The molecule has 118 valence electrons. The fourth-order valence-corrected chi connectivity index (χ4v) is 3.51. The van der Waals surface area contributed by atoms with Gasteiger partial charge in [0.05, 0.1) is 18.4 Å². The zero-order valence-electron chi connectivity index (χ0n) is 11.9. The largest absolute Gasteiger partial charge is 0.375 e. The molecule has 1 fully saturated rings. The third-order valence-corrected chi connectivity index (χ3v) is 4.84. The first-order chi connectivity index (χ1) is 9.85. The smallest absolute Gasteiger partial charge is 0.228 e. The minimum Gasteiger partial charge on any atom is -0.375 e. The van der Waals surface area contributed by atoms with E-state index < -0.39 is 10.0 Å². The molecule has 0 aromatic carbocycles. The number of nitrogens with one attached hydrogen (secondary N) is 1. The van der Waals surface area contributed by atoms with Gasteiger partial charge in [0.2, 0.25) is 15.9 Å². The molecule has 1 aromatic heterocycles. The van der Waals surface area contributed by atoms with Gasteiger partial charge in [-0.1, -0.05) is 0 Å². The molecular formula is C12H20N4O3S2. The van der Waals surface area contributed by atoms with Crippen LogP contribution in [0.3, 0.4) is 0 Å². The minimum atomic E-state index is -3.24. The monoisotopic (exact) mass is 332 g/mol. The van der Waals surface area contributed by atoms with E-state index in [1.807, 2.05) is 0 Å². The first-order valence-corrected chi connectivity index (χ1v) is 9.56. The van der Waals surface area contributed by atoms with Gasteiger partial charge in [-0.25, -0.2) is 18.1 Å². The number of anilines is 1. The summed E-state index contributed by atoms with van der Waals surface area (Å²) in [4.78, 5) is 18.2. The van der Waals surface area contributed by atoms with Gasteiger partial charge in [-0.05, 0) is 19.3 Å². The highest BCUT2D eigenvalue weighted by Crippen LogP contribution is 2.19. The van der Waals surface area contributed by atoms with Crippen molar-refractivity contribution in [3.63, 3.8) is 0 Å². The number of amides is 1. The molecule has 9 heteroatoms. The molecule has 1 unspecified atom stereocenters. The maximum Gasteiger partial charge on any atom is 0.228 e. The third kappa shape index (κ3) is 4.94. The summed E-state index contributed by atoms with van der Waals surface area (Å²) >= 11 is 1.31. The Morgan fingerprint density at radius 1 is 1.57 bits per heavy atom. The molecule has 1 amide bonds. The lowest BCUT2D eigenvalue weighted by Crippen LogP contribution is -2.49. The minimum absolute atomic E-state index is 0.0275. The van der Waals surface area contributed by atoms with Crippen LogP contribution in [0, 0.1) is 0 Å². The molecule has 2 rings (SSSR count). The van der Waals surface area contributed by atoms with Crippen molar-refractivity contribution in [3.8, 4) is 0 Å². The van der Waals surface area contributed by atoms with E-state index in [1.54, 1.807) is 10.3 Å². The number of nitrogens with zero attached hydrogens (tertiary/aromatic N) is 2. The van der Waals surface area contributed by atoms with Crippen LogP contribution in [0.25, 0.3) is 0 Å². The Bertz CT molecular complexity index is 599. The number of hydrogen-bond donors (Lipinski definition) is 2.